The molecule has 0 spiro atoms. The van der Waals surface area contributed by atoms with Crippen LogP contribution in [-0.4, -0.2) is 26.1 Å². The molecule has 0 aromatic heterocycles. The molecule has 1 rings (SSSR count). The van der Waals surface area contributed by atoms with Gasteiger partial charge in [0, 0.05) is 6.54 Å². The van der Waals surface area contributed by atoms with Gasteiger partial charge in [0.15, 0.2) is 9.84 Å². The fourth-order valence-corrected chi connectivity index (χ4v) is 2.81. The largest absolute Gasteiger partial charge is 0.355 e. The van der Waals surface area contributed by atoms with Crippen LogP contribution in [0.3, 0.4) is 0 Å². The topological polar surface area (TPSA) is 63.2 Å². The van der Waals surface area contributed by atoms with Crippen molar-refractivity contribution in [2.75, 3.05) is 6.54 Å². The lowest BCUT2D eigenvalue weighted by Gasteiger charge is -2.14. The highest BCUT2D eigenvalue weighted by Crippen LogP contribution is 2.19. The summed E-state index contributed by atoms with van der Waals surface area (Å²) in [6, 6.07) is 5.05. The van der Waals surface area contributed by atoms with Crippen LogP contribution >= 0.6 is 0 Å². The molecular formula is C13H18FNO3S. The summed E-state index contributed by atoms with van der Waals surface area (Å²) in [5.41, 5.74) is 0. The van der Waals surface area contributed by atoms with Crippen LogP contribution in [0.1, 0.15) is 20.8 Å². The first-order valence-electron chi connectivity index (χ1n) is 6.03. The second kappa shape index (κ2) is 6.14. The number of carbonyl (C=O) groups excluding carboxylic acids is 1. The van der Waals surface area contributed by atoms with Crippen molar-refractivity contribution in [3.63, 3.8) is 0 Å². The van der Waals surface area contributed by atoms with Crippen LogP contribution in [0.5, 0.6) is 0 Å². The fraction of sp³-hybridized carbons (Fsp3) is 0.462. The number of nitrogens with one attached hydrogen (secondary N) is 1. The van der Waals surface area contributed by atoms with E-state index >= 15 is 0 Å². The predicted octanol–water partition coefficient (Wildman–Crippen LogP) is 1.76. The molecule has 1 unspecified atom stereocenters. The van der Waals surface area contributed by atoms with E-state index in [9.17, 15) is 17.6 Å². The van der Waals surface area contributed by atoms with Crippen molar-refractivity contribution in [1.29, 1.82) is 0 Å². The fourth-order valence-electron chi connectivity index (χ4n) is 1.46. The maximum atomic E-state index is 13.5. The average Bonchev–Trinajstić information content (AvgIpc) is 2.35. The molecule has 106 valence electrons. The van der Waals surface area contributed by atoms with Gasteiger partial charge in [0.1, 0.15) is 16.0 Å². The molecular weight excluding hydrogens is 269 g/mol. The van der Waals surface area contributed by atoms with Gasteiger partial charge in [-0.3, -0.25) is 4.79 Å². The van der Waals surface area contributed by atoms with Gasteiger partial charge in [-0.05, 0) is 25.0 Å². The van der Waals surface area contributed by atoms with E-state index in [1.54, 1.807) is 0 Å². The van der Waals surface area contributed by atoms with Crippen molar-refractivity contribution >= 4 is 15.7 Å². The Bertz CT molecular complexity index is 555. The molecule has 0 aliphatic carbocycles. The zero-order valence-electron chi connectivity index (χ0n) is 11.2. The minimum atomic E-state index is -4.00. The summed E-state index contributed by atoms with van der Waals surface area (Å²) >= 11 is 0. The first-order chi connectivity index (χ1) is 8.76. The monoisotopic (exact) mass is 287 g/mol. The highest BCUT2D eigenvalue weighted by atomic mass is 32.2. The minimum absolute atomic E-state index is 0.215. The van der Waals surface area contributed by atoms with Crippen LogP contribution < -0.4 is 5.32 Å². The van der Waals surface area contributed by atoms with E-state index in [-0.39, 0.29) is 5.92 Å². The number of hydrogen-bond donors (Lipinski definition) is 1. The second-order valence-electron chi connectivity index (χ2n) is 4.76. The van der Waals surface area contributed by atoms with Gasteiger partial charge in [0.25, 0.3) is 0 Å². The summed E-state index contributed by atoms with van der Waals surface area (Å²) in [6.45, 7) is 5.44. The van der Waals surface area contributed by atoms with Crippen molar-refractivity contribution in [2.45, 2.75) is 30.9 Å². The Hall–Kier alpha value is -1.43. The molecule has 1 aromatic carbocycles. The molecule has 0 saturated heterocycles. The lowest BCUT2D eigenvalue weighted by Crippen LogP contribution is -2.39. The Labute approximate surface area is 112 Å². The summed E-state index contributed by atoms with van der Waals surface area (Å²) in [5, 5.41) is 1.22. The summed E-state index contributed by atoms with van der Waals surface area (Å²) in [6.07, 6.45) is 0. The summed E-state index contributed by atoms with van der Waals surface area (Å²) in [7, 11) is -4.00. The van der Waals surface area contributed by atoms with E-state index in [0.717, 1.165) is 12.1 Å². The van der Waals surface area contributed by atoms with E-state index in [0.29, 0.717) is 6.54 Å². The van der Waals surface area contributed by atoms with E-state index < -0.39 is 31.7 Å². The molecule has 0 aliphatic rings. The third-order valence-corrected chi connectivity index (χ3v) is 4.75. The highest BCUT2D eigenvalue weighted by molar-refractivity contribution is 7.92. The number of sulfone groups is 1. The lowest BCUT2D eigenvalue weighted by atomic mass is 10.2. The Kier molecular flexibility index (Phi) is 5.05. The Morgan fingerprint density at radius 2 is 1.84 bits per heavy atom. The standard InChI is InChI=1S/C13H18FNO3S/c1-9(2)8-15-13(16)10(3)19(17,18)12-7-5-4-6-11(12)14/h4-7,9-10H,8H2,1-3H3,(H,15,16). The molecule has 6 heteroatoms. The van der Waals surface area contributed by atoms with Gasteiger partial charge in [-0.2, -0.15) is 0 Å². The number of carbonyl (C=O) groups is 1. The van der Waals surface area contributed by atoms with E-state index in [2.05, 4.69) is 5.32 Å². The summed E-state index contributed by atoms with van der Waals surface area (Å²) in [5.74, 6) is -1.24. The average molecular weight is 287 g/mol. The Morgan fingerprint density at radius 1 is 1.26 bits per heavy atom. The molecule has 0 heterocycles. The molecule has 0 aliphatic heterocycles. The molecule has 0 fully saturated rings. The van der Waals surface area contributed by atoms with E-state index in [4.69, 9.17) is 0 Å². The molecule has 0 radical (unpaired) electrons. The van der Waals surface area contributed by atoms with Gasteiger partial charge in [-0.15, -0.1) is 0 Å². The zero-order chi connectivity index (χ0) is 14.6. The van der Waals surface area contributed by atoms with Crippen molar-refractivity contribution in [1.82, 2.24) is 5.32 Å². The van der Waals surface area contributed by atoms with Crippen molar-refractivity contribution in [2.24, 2.45) is 5.92 Å². The summed E-state index contributed by atoms with van der Waals surface area (Å²) in [4.78, 5) is 11.3. The molecule has 0 saturated carbocycles. The number of benzene rings is 1. The maximum absolute atomic E-state index is 13.5. The lowest BCUT2D eigenvalue weighted by molar-refractivity contribution is -0.120. The van der Waals surface area contributed by atoms with Gasteiger partial charge in [0.05, 0.1) is 0 Å². The molecule has 1 atom stereocenters. The SMILES string of the molecule is CC(C)CNC(=O)C(C)S(=O)(=O)c1ccccc1F. The molecule has 1 amide bonds. The van der Waals surface area contributed by atoms with Crippen molar-refractivity contribution < 1.29 is 17.6 Å². The number of hydrogen-bond acceptors (Lipinski definition) is 3. The first kappa shape index (κ1) is 15.6. The quantitative estimate of drug-likeness (QED) is 0.897. The molecule has 1 N–H and O–H groups in total. The summed E-state index contributed by atoms with van der Waals surface area (Å²) < 4.78 is 37.8. The zero-order valence-corrected chi connectivity index (χ0v) is 12.0. The normalized spacial score (nSPS) is 13.3. The third kappa shape index (κ3) is 3.76. The first-order valence-corrected chi connectivity index (χ1v) is 7.57. The number of halogens is 1. The van der Waals surface area contributed by atoms with Crippen LogP contribution in [0.2, 0.25) is 0 Å². The maximum Gasteiger partial charge on any atom is 0.238 e. The highest BCUT2D eigenvalue weighted by Gasteiger charge is 2.31. The van der Waals surface area contributed by atoms with Crippen molar-refractivity contribution in [3.8, 4) is 0 Å². The van der Waals surface area contributed by atoms with Crippen LogP contribution in [0.25, 0.3) is 0 Å². The minimum Gasteiger partial charge on any atom is -0.355 e. The smallest absolute Gasteiger partial charge is 0.238 e. The van der Waals surface area contributed by atoms with Crippen molar-refractivity contribution in [3.05, 3.63) is 30.1 Å². The molecule has 19 heavy (non-hydrogen) atoms. The van der Waals surface area contributed by atoms with Crippen LogP contribution in [0.15, 0.2) is 29.2 Å². The van der Waals surface area contributed by atoms with Crippen LogP contribution in [0, 0.1) is 11.7 Å². The molecule has 1 aromatic rings. The predicted molar refractivity (Wildman–Crippen MR) is 70.9 cm³/mol. The van der Waals surface area contributed by atoms with Gasteiger partial charge < -0.3 is 5.32 Å². The number of rotatable bonds is 5. The Morgan fingerprint density at radius 3 is 2.37 bits per heavy atom. The van der Waals surface area contributed by atoms with Crippen LogP contribution in [-0.2, 0) is 14.6 Å². The van der Waals surface area contributed by atoms with Gasteiger partial charge in [-0.25, -0.2) is 12.8 Å². The van der Waals surface area contributed by atoms with E-state index in [1.807, 2.05) is 13.8 Å². The van der Waals surface area contributed by atoms with E-state index in [1.165, 1.54) is 19.1 Å². The second-order valence-corrected chi connectivity index (χ2v) is 6.99. The van der Waals surface area contributed by atoms with Gasteiger partial charge in [-0.1, -0.05) is 26.0 Å². The molecule has 4 nitrogen and oxygen atoms in total. The van der Waals surface area contributed by atoms with Crippen LogP contribution in [0.4, 0.5) is 4.39 Å². The third-order valence-electron chi connectivity index (χ3n) is 2.66. The molecule has 0 bridgehead atoms. The Balaban J connectivity index is 2.95. The van der Waals surface area contributed by atoms with Gasteiger partial charge in [0.2, 0.25) is 5.91 Å². The van der Waals surface area contributed by atoms with Gasteiger partial charge >= 0.3 is 0 Å². The number of amides is 1.